The van der Waals surface area contributed by atoms with E-state index in [1.165, 1.54) is 18.4 Å². The monoisotopic (exact) mass is 323 g/mol. The summed E-state index contributed by atoms with van der Waals surface area (Å²) >= 11 is 7.44. The summed E-state index contributed by atoms with van der Waals surface area (Å²) in [6, 6.07) is 11.6. The zero-order valence-electron chi connectivity index (χ0n) is 11.4. The maximum atomic E-state index is 10.7. The first-order valence-corrected chi connectivity index (χ1v) is 7.47. The second kappa shape index (κ2) is 7.24. The van der Waals surface area contributed by atoms with E-state index < -0.39 is 5.97 Å². The van der Waals surface area contributed by atoms with Crippen molar-refractivity contribution in [2.75, 3.05) is 7.11 Å². The van der Waals surface area contributed by atoms with Gasteiger partial charge in [0.25, 0.3) is 0 Å². The van der Waals surface area contributed by atoms with Crippen molar-refractivity contribution in [3.05, 3.63) is 46.3 Å². The predicted octanol–water partition coefficient (Wildman–Crippen LogP) is 4.28. The third kappa shape index (κ3) is 4.31. The molecule has 0 aliphatic carbocycles. The molecule has 6 heteroatoms. The fourth-order valence-corrected chi connectivity index (χ4v) is 2.92. The van der Waals surface area contributed by atoms with Gasteiger partial charge < -0.3 is 9.94 Å². The van der Waals surface area contributed by atoms with E-state index in [4.69, 9.17) is 21.5 Å². The first kappa shape index (κ1) is 15.5. The molecule has 1 aromatic carbocycles. The molecule has 0 aliphatic heterocycles. The molecule has 2 aromatic rings. The molecule has 21 heavy (non-hydrogen) atoms. The highest BCUT2D eigenvalue weighted by molar-refractivity contribution is 7.19. The van der Waals surface area contributed by atoms with E-state index in [9.17, 15) is 4.79 Å². The average Bonchev–Trinajstić information content (AvgIpc) is 2.90. The summed E-state index contributed by atoms with van der Waals surface area (Å²) in [7, 11) is 1.45. The standard InChI is InChI=1S/C15H14ClNO3S/c1-20-17-12(6-9-15(18)19)10-2-4-11(5-3-10)13-7-8-14(16)21-13/h2-5,7-8H,6,9H2,1H3,(H,18,19). The van der Waals surface area contributed by atoms with Crippen molar-refractivity contribution in [1.82, 2.24) is 0 Å². The number of aliphatic carboxylic acids is 1. The summed E-state index contributed by atoms with van der Waals surface area (Å²) < 4.78 is 0.747. The molecule has 0 bridgehead atoms. The van der Waals surface area contributed by atoms with Gasteiger partial charge in [-0.2, -0.15) is 0 Å². The van der Waals surface area contributed by atoms with Gasteiger partial charge in [-0.25, -0.2) is 0 Å². The van der Waals surface area contributed by atoms with Crippen LogP contribution in [0.25, 0.3) is 10.4 Å². The van der Waals surface area contributed by atoms with Crippen LogP contribution >= 0.6 is 22.9 Å². The van der Waals surface area contributed by atoms with Crippen molar-refractivity contribution in [2.45, 2.75) is 12.8 Å². The number of rotatable bonds is 6. The maximum Gasteiger partial charge on any atom is 0.303 e. The van der Waals surface area contributed by atoms with Gasteiger partial charge in [-0.1, -0.05) is 41.0 Å². The number of halogens is 1. The quantitative estimate of drug-likeness (QED) is 0.637. The SMILES string of the molecule is CON=C(CCC(=O)O)c1ccc(-c2ccc(Cl)s2)cc1. The Labute approximate surface area is 131 Å². The van der Waals surface area contributed by atoms with E-state index in [1.807, 2.05) is 36.4 Å². The van der Waals surface area contributed by atoms with Gasteiger partial charge in [0.2, 0.25) is 0 Å². The van der Waals surface area contributed by atoms with E-state index in [0.29, 0.717) is 12.1 Å². The number of hydrogen-bond acceptors (Lipinski definition) is 4. The fourth-order valence-electron chi connectivity index (χ4n) is 1.87. The van der Waals surface area contributed by atoms with Crippen molar-refractivity contribution < 1.29 is 14.7 Å². The molecule has 0 atom stereocenters. The molecule has 4 nitrogen and oxygen atoms in total. The number of benzene rings is 1. The smallest absolute Gasteiger partial charge is 0.303 e. The van der Waals surface area contributed by atoms with Crippen LogP contribution in [0.3, 0.4) is 0 Å². The normalized spacial score (nSPS) is 11.4. The highest BCUT2D eigenvalue weighted by atomic mass is 35.5. The molecule has 110 valence electrons. The van der Waals surface area contributed by atoms with E-state index in [2.05, 4.69) is 5.16 Å². The molecule has 0 spiro atoms. The van der Waals surface area contributed by atoms with Gasteiger partial charge in [0.1, 0.15) is 7.11 Å². The summed E-state index contributed by atoms with van der Waals surface area (Å²) in [6.07, 6.45) is 0.345. The van der Waals surface area contributed by atoms with Gasteiger partial charge in [-0.15, -0.1) is 11.3 Å². The second-order valence-electron chi connectivity index (χ2n) is 4.30. The Morgan fingerprint density at radius 2 is 1.95 bits per heavy atom. The Bertz CT molecular complexity index is 649. The number of hydrogen-bond donors (Lipinski definition) is 1. The summed E-state index contributed by atoms with van der Waals surface area (Å²) in [5.41, 5.74) is 2.53. The predicted molar refractivity (Wildman–Crippen MR) is 85.2 cm³/mol. The lowest BCUT2D eigenvalue weighted by Gasteiger charge is -2.05. The Balaban J connectivity index is 2.19. The van der Waals surface area contributed by atoms with Gasteiger partial charge in [-0.05, 0) is 23.3 Å². The van der Waals surface area contributed by atoms with Crippen LogP contribution in [0.5, 0.6) is 0 Å². The Morgan fingerprint density at radius 1 is 1.24 bits per heavy atom. The van der Waals surface area contributed by atoms with Crippen LogP contribution < -0.4 is 0 Å². The lowest BCUT2D eigenvalue weighted by molar-refractivity contribution is -0.136. The van der Waals surface area contributed by atoms with Crippen LogP contribution in [-0.2, 0) is 9.63 Å². The third-order valence-corrected chi connectivity index (χ3v) is 4.13. The highest BCUT2D eigenvalue weighted by Gasteiger charge is 2.09. The van der Waals surface area contributed by atoms with Gasteiger partial charge in [-0.3, -0.25) is 4.79 Å². The van der Waals surface area contributed by atoms with Crippen molar-refractivity contribution in [2.24, 2.45) is 5.16 Å². The minimum atomic E-state index is -0.858. The molecule has 0 amide bonds. The number of nitrogens with zero attached hydrogens (tertiary/aromatic N) is 1. The number of thiophene rings is 1. The second-order valence-corrected chi connectivity index (χ2v) is 6.01. The van der Waals surface area contributed by atoms with E-state index >= 15 is 0 Å². The number of carbonyl (C=O) groups is 1. The lowest BCUT2D eigenvalue weighted by Crippen LogP contribution is -2.05. The number of carboxylic acid groups (broad SMARTS) is 1. The lowest BCUT2D eigenvalue weighted by atomic mass is 10.0. The summed E-state index contributed by atoms with van der Waals surface area (Å²) in [6.45, 7) is 0. The van der Waals surface area contributed by atoms with E-state index in [-0.39, 0.29) is 6.42 Å². The average molecular weight is 324 g/mol. The number of oxime groups is 1. The van der Waals surface area contributed by atoms with Crippen LogP contribution in [0.4, 0.5) is 0 Å². The molecule has 1 aromatic heterocycles. The third-order valence-electron chi connectivity index (χ3n) is 2.85. The Kier molecular flexibility index (Phi) is 5.36. The molecule has 1 heterocycles. The number of carboxylic acids is 1. The molecule has 0 saturated carbocycles. The van der Waals surface area contributed by atoms with Crippen molar-refractivity contribution in [3.63, 3.8) is 0 Å². The van der Waals surface area contributed by atoms with Crippen LogP contribution in [0, 0.1) is 0 Å². The summed E-state index contributed by atoms with van der Waals surface area (Å²) in [5, 5.41) is 12.7. The molecular weight excluding hydrogens is 310 g/mol. The van der Waals surface area contributed by atoms with E-state index in [1.54, 1.807) is 0 Å². The molecule has 0 saturated heterocycles. The fraction of sp³-hybridized carbons (Fsp3) is 0.200. The van der Waals surface area contributed by atoms with Crippen molar-refractivity contribution in [1.29, 1.82) is 0 Å². The van der Waals surface area contributed by atoms with Crippen LogP contribution in [0.2, 0.25) is 4.34 Å². The van der Waals surface area contributed by atoms with Gasteiger partial charge >= 0.3 is 5.97 Å². The highest BCUT2D eigenvalue weighted by Crippen LogP contribution is 2.31. The van der Waals surface area contributed by atoms with Gasteiger partial charge in [0, 0.05) is 11.3 Å². The largest absolute Gasteiger partial charge is 0.481 e. The minimum Gasteiger partial charge on any atom is -0.481 e. The van der Waals surface area contributed by atoms with Gasteiger partial charge in [0.05, 0.1) is 16.5 Å². The molecule has 1 N–H and O–H groups in total. The van der Waals surface area contributed by atoms with Gasteiger partial charge in [0.15, 0.2) is 0 Å². The van der Waals surface area contributed by atoms with Crippen LogP contribution in [0.15, 0.2) is 41.6 Å². The molecule has 2 rings (SSSR count). The molecule has 0 aliphatic rings. The Hall–Kier alpha value is -1.85. The van der Waals surface area contributed by atoms with E-state index in [0.717, 1.165) is 20.3 Å². The first-order valence-electron chi connectivity index (χ1n) is 6.28. The molecular formula is C15H14ClNO3S. The summed E-state index contributed by atoms with van der Waals surface area (Å²) in [4.78, 5) is 16.5. The molecule has 0 unspecified atom stereocenters. The Morgan fingerprint density at radius 3 is 2.48 bits per heavy atom. The van der Waals surface area contributed by atoms with Crippen LogP contribution in [-0.4, -0.2) is 23.9 Å². The zero-order chi connectivity index (χ0) is 15.2. The minimum absolute atomic E-state index is 0.0183. The first-order chi connectivity index (χ1) is 10.1. The zero-order valence-corrected chi connectivity index (χ0v) is 12.9. The van der Waals surface area contributed by atoms with Crippen molar-refractivity contribution >= 4 is 34.6 Å². The van der Waals surface area contributed by atoms with Crippen molar-refractivity contribution in [3.8, 4) is 10.4 Å². The maximum absolute atomic E-state index is 10.7. The molecule has 0 radical (unpaired) electrons. The van der Waals surface area contributed by atoms with Crippen LogP contribution in [0.1, 0.15) is 18.4 Å². The molecule has 0 fully saturated rings. The summed E-state index contributed by atoms with van der Waals surface area (Å²) in [5.74, 6) is -0.858. The topological polar surface area (TPSA) is 58.9 Å².